The number of phenolic OH excluding ortho intramolecular Hbond substituents is 1. The molecule has 1 aromatic rings. The van der Waals surface area contributed by atoms with E-state index in [2.05, 4.69) is 22.6 Å². The lowest BCUT2D eigenvalue weighted by molar-refractivity contribution is 0.0331. The first-order valence-electron chi connectivity index (χ1n) is 4.74. The van der Waals surface area contributed by atoms with Crippen molar-refractivity contribution in [1.82, 2.24) is 0 Å². The Morgan fingerprint density at radius 3 is 2.87 bits per heavy atom. The zero-order valence-corrected chi connectivity index (χ0v) is 10.8. The number of aromatic hydroxyl groups is 1. The van der Waals surface area contributed by atoms with Gasteiger partial charge in [0.2, 0.25) is 0 Å². The third-order valence-corrected chi connectivity index (χ3v) is 2.73. The minimum Gasteiger partial charge on any atom is -0.507 e. The van der Waals surface area contributed by atoms with E-state index in [9.17, 15) is 9.90 Å². The van der Waals surface area contributed by atoms with Gasteiger partial charge in [0, 0.05) is 3.57 Å². The number of ether oxygens (including phenoxy) is 1. The van der Waals surface area contributed by atoms with Crippen molar-refractivity contribution in [1.29, 1.82) is 0 Å². The Kier molecular flexibility index (Phi) is 4.38. The predicted molar refractivity (Wildman–Crippen MR) is 66.0 cm³/mol. The largest absolute Gasteiger partial charge is 0.507 e. The molecule has 0 fully saturated rings. The fraction of sp³-hybridized carbons (Fsp3) is 0.364. The van der Waals surface area contributed by atoms with E-state index >= 15 is 0 Å². The molecular formula is C11H13IO3. The summed E-state index contributed by atoms with van der Waals surface area (Å²) in [5.74, 6) is -0.510. The molecule has 0 aliphatic heterocycles. The monoisotopic (exact) mass is 320 g/mol. The second kappa shape index (κ2) is 5.34. The normalized spacial score (nSPS) is 12.2. The Bertz CT molecular complexity index is 363. The summed E-state index contributed by atoms with van der Waals surface area (Å²) in [5, 5.41) is 9.49. The van der Waals surface area contributed by atoms with Crippen molar-refractivity contribution in [3.8, 4) is 5.75 Å². The van der Waals surface area contributed by atoms with Gasteiger partial charge in [-0.2, -0.15) is 0 Å². The summed E-state index contributed by atoms with van der Waals surface area (Å²) in [7, 11) is 0. The van der Waals surface area contributed by atoms with Crippen LogP contribution in [0.15, 0.2) is 18.2 Å². The quantitative estimate of drug-likeness (QED) is 0.688. The van der Waals surface area contributed by atoms with Crippen LogP contribution >= 0.6 is 22.6 Å². The van der Waals surface area contributed by atoms with Crippen LogP contribution in [0.1, 0.15) is 30.6 Å². The molecule has 0 bridgehead atoms. The molecule has 3 nitrogen and oxygen atoms in total. The van der Waals surface area contributed by atoms with E-state index < -0.39 is 5.97 Å². The molecule has 1 unspecified atom stereocenters. The highest BCUT2D eigenvalue weighted by Crippen LogP contribution is 2.21. The molecule has 1 rings (SSSR count). The van der Waals surface area contributed by atoms with Crippen LogP contribution < -0.4 is 0 Å². The van der Waals surface area contributed by atoms with E-state index in [0.717, 1.165) is 9.99 Å². The molecule has 15 heavy (non-hydrogen) atoms. The summed E-state index contributed by atoms with van der Waals surface area (Å²) >= 11 is 2.08. The molecule has 0 spiro atoms. The standard InChI is InChI=1S/C11H13IO3/c1-3-7(2)15-11(14)9-6-8(12)4-5-10(9)13/h4-7,13H,3H2,1-2H3. The van der Waals surface area contributed by atoms with Gasteiger partial charge in [0.15, 0.2) is 0 Å². The van der Waals surface area contributed by atoms with Crippen LogP contribution in [0.5, 0.6) is 5.75 Å². The molecule has 4 heteroatoms. The fourth-order valence-electron chi connectivity index (χ4n) is 1.00. The molecule has 1 atom stereocenters. The number of hydrogen-bond donors (Lipinski definition) is 1. The van der Waals surface area contributed by atoms with Crippen LogP contribution in [0.25, 0.3) is 0 Å². The molecule has 0 amide bonds. The van der Waals surface area contributed by atoms with Crippen molar-refractivity contribution >= 4 is 28.6 Å². The Labute approximate surface area is 103 Å². The van der Waals surface area contributed by atoms with Gasteiger partial charge in [-0.15, -0.1) is 0 Å². The van der Waals surface area contributed by atoms with Crippen LogP contribution in [0.3, 0.4) is 0 Å². The van der Waals surface area contributed by atoms with E-state index in [1.165, 1.54) is 6.07 Å². The topological polar surface area (TPSA) is 46.5 Å². The van der Waals surface area contributed by atoms with Crippen molar-refractivity contribution in [2.45, 2.75) is 26.4 Å². The lowest BCUT2D eigenvalue weighted by Crippen LogP contribution is -2.14. The summed E-state index contributed by atoms with van der Waals surface area (Å²) in [5.41, 5.74) is 0.224. The Morgan fingerprint density at radius 1 is 1.60 bits per heavy atom. The maximum absolute atomic E-state index is 11.6. The minimum absolute atomic E-state index is 0.0382. The first-order valence-corrected chi connectivity index (χ1v) is 5.82. The van der Waals surface area contributed by atoms with Gasteiger partial charge in [0.1, 0.15) is 11.3 Å². The van der Waals surface area contributed by atoms with Crippen molar-refractivity contribution in [3.05, 3.63) is 27.3 Å². The number of carbonyl (C=O) groups is 1. The Hall–Kier alpha value is -0.780. The zero-order chi connectivity index (χ0) is 11.4. The number of esters is 1. The summed E-state index contributed by atoms with van der Waals surface area (Å²) in [4.78, 5) is 11.6. The number of carbonyl (C=O) groups excluding carboxylic acids is 1. The SMILES string of the molecule is CCC(C)OC(=O)c1cc(I)ccc1O. The third kappa shape index (κ3) is 3.37. The van der Waals surface area contributed by atoms with Crippen LogP contribution in [-0.2, 0) is 4.74 Å². The first kappa shape index (κ1) is 12.3. The van der Waals surface area contributed by atoms with Gasteiger partial charge in [-0.25, -0.2) is 4.79 Å². The molecule has 0 aliphatic carbocycles. The van der Waals surface area contributed by atoms with Crippen molar-refractivity contribution < 1.29 is 14.6 Å². The highest BCUT2D eigenvalue weighted by molar-refractivity contribution is 14.1. The van der Waals surface area contributed by atoms with Crippen molar-refractivity contribution in [2.75, 3.05) is 0 Å². The van der Waals surface area contributed by atoms with E-state index in [0.29, 0.717) is 0 Å². The van der Waals surface area contributed by atoms with Crippen LogP contribution in [0.2, 0.25) is 0 Å². The molecule has 0 aromatic heterocycles. The van der Waals surface area contributed by atoms with Crippen molar-refractivity contribution in [2.24, 2.45) is 0 Å². The van der Waals surface area contributed by atoms with Crippen LogP contribution in [0.4, 0.5) is 0 Å². The third-order valence-electron chi connectivity index (χ3n) is 2.06. The van der Waals surface area contributed by atoms with Gasteiger partial charge in [0.25, 0.3) is 0 Å². The number of phenols is 1. The van der Waals surface area contributed by atoms with Gasteiger partial charge >= 0.3 is 5.97 Å². The van der Waals surface area contributed by atoms with Gasteiger partial charge < -0.3 is 9.84 Å². The van der Waals surface area contributed by atoms with Gasteiger partial charge in [-0.3, -0.25) is 0 Å². The average Bonchev–Trinajstić information content (AvgIpc) is 2.21. The summed E-state index contributed by atoms with van der Waals surface area (Å²) < 4.78 is 6.01. The highest BCUT2D eigenvalue weighted by atomic mass is 127. The summed E-state index contributed by atoms with van der Waals surface area (Å²) in [6, 6.07) is 4.84. The highest BCUT2D eigenvalue weighted by Gasteiger charge is 2.15. The molecule has 0 radical (unpaired) electrons. The number of benzene rings is 1. The van der Waals surface area contributed by atoms with Gasteiger partial charge in [-0.1, -0.05) is 6.92 Å². The fourth-order valence-corrected chi connectivity index (χ4v) is 1.49. The maximum Gasteiger partial charge on any atom is 0.342 e. The van der Waals surface area contributed by atoms with E-state index in [4.69, 9.17) is 4.74 Å². The van der Waals surface area contributed by atoms with Crippen molar-refractivity contribution in [3.63, 3.8) is 0 Å². The first-order chi connectivity index (χ1) is 7.04. The smallest absolute Gasteiger partial charge is 0.342 e. The minimum atomic E-state index is -0.472. The molecule has 0 aliphatic rings. The second-order valence-corrected chi connectivity index (χ2v) is 4.53. The molecule has 1 aromatic carbocycles. The number of halogens is 1. The molecule has 1 N–H and O–H groups in total. The maximum atomic E-state index is 11.6. The molecule has 0 saturated heterocycles. The lowest BCUT2D eigenvalue weighted by atomic mass is 10.2. The van der Waals surface area contributed by atoms with Crippen LogP contribution in [-0.4, -0.2) is 17.2 Å². The number of hydrogen-bond acceptors (Lipinski definition) is 3. The average molecular weight is 320 g/mol. The Morgan fingerprint density at radius 2 is 2.27 bits per heavy atom. The summed E-state index contributed by atoms with van der Waals surface area (Å²) in [6.45, 7) is 3.76. The lowest BCUT2D eigenvalue weighted by Gasteiger charge is -2.11. The van der Waals surface area contributed by atoms with E-state index in [-0.39, 0.29) is 17.4 Å². The van der Waals surface area contributed by atoms with E-state index in [1.807, 2.05) is 13.8 Å². The molecule has 0 saturated carbocycles. The number of rotatable bonds is 3. The molecular weight excluding hydrogens is 307 g/mol. The molecule has 0 heterocycles. The Balaban J connectivity index is 2.86. The second-order valence-electron chi connectivity index (χ2n) is 3.29. The van der Waals surface area contributed by atoms with Crippen LogP contribution in [0, 0.1) is 3.57 Å². The van der Waals surface area contributed by atoms with Gasteiger partial charge in [-0.05, 0) is 54.1 Å². The predicted octanol–water partition coefficient (Wildman–Crippen LogP) is 2.95. The molecule has 82 valence electrons. The zero-order valence-electron chi connectivity index (χ0n) is 8.66. The summed E-state index contributed by atoms with van der Waals surface area (Å²) in [6.07, 6.45) is 0.630. The van der Waals surface area contributed by atoms with Gasteiger partial charge in [0.05, 0.1) is 6.10 Å². The van der Waals surface area contributed by atoms with E-state index in [1.54, 1.807) is 12.1 Å².